The quantitative estimate of drug-likeness (QED) is 0.0319. The van der Waals surface area contributed by atoms with Crippen LogP contribution in [0, 0.1) is 55.4 Å². The summed E-state index contributed by atoms with van der Waals surface area (Å²) in [5.74, 6) is 15.7. The maximum atomic E-state index is 11.6. The zero-order valence-electron chi connectivity index (χ0n) is 86.4. The number of hydrogen-bond donors (Lipinski definition) is 10. The van der Waals surface area contributed by atoms with Gasteiger partial charge in [-0.15, -0.1) is 0 Å². The van der Waals surface area contributed by atoms with Crippen molar-refractivity contribution in [3.8, 4) is 80.5 Å². The number of halogens is 1. The fourth-order valence-electron chi connectivity index (χ4n) is 15.1. The lowest BCUT2D eigenvalue weighted by Crippen LogP contribution is -2.04. The van der Waals surface area contributed by atoms with Crippen molar-refractivity contribution in [2.75, 3.05) is 45.5 Å². The minimum Gasteiger partial charge on any atom is -0.451 e. The first-order chi connectivity index (χ1) is 71.6. The van der Waals surface area contributed by atoms with Crippen LogP contribution in [0.25, 0.3) is 66.6 Å². The molecular formula is C103H113ClN34O12. The van der Waals surface area contributed by atoms with E-state index in [1.807, 2.05) is 66.8 Å². The smallest absolute Gasteiger partial charge is 0.261 e. The highest BCUT2D eigenvalue weighted by molar-refractivity contribution is 6.29. The second-order valence-electron chi connectivity index (χ2n) is 36.6. The van der Waals surface area contributed by atoms with Crippen molar-refractivity contribution in [3.05, 3.63) is 226 Å². The Bertz CT molecular complexity index is 7620. The Morgan fingerprint density at radius 1 is 0.327 bits per heavy atom. The van der Waals surface area contributed by atoms with Crippen molar-refractivity contribution in [3.63, 3.8) is 0 Å². The van der Waals surface area contributed by atoms with Crippen molar-refractivity contribution >= 4 is 131 Å². The Hall–Kier alpha value is -18.4. The van der Waals surface area contributed by atoms with Crippen molar-refractivity contribution < 1.29 is 55.7 Å². The van der Waals surface area contributed by atoms with Gasteiger partial charge in [-0.2, -0.15) is 5.10 Å². The third-order valence-electron chi connectivity index (χ3n) is 22.9. The van der Waals surface area contributed by atoms with Crippen LogP contribution < -0.4 is 78.6 Å². The summed E-state index contributed by atoms with van der Waals surface area (Å²) in [5, 5.41) is 17.5. The van der Waals surface area contributed by atoms with E-state index in [1.54, 1.807) is 154 Å². The summed E-state index contributed by atoms with van der Waals surface area (Å²) in [4.78, 5) is 107. The standard InChI is InChI=1S/C16H19N5O.C15H15ClN4O2.C15H17N5O2.C15H16N4O2.C14H16N6O.2C14H15N5O2/c1-8(2)12-6-19-16-11(5-9(3)20-16)14(12)22-13-7-18-10(4)21-15(13)17;1-7(2)10-5-19-15-9(4-12(16)22-15)13(10)21-11-6-18-8(3)20-14(11)17;1-7(2)10-5-18-15-9(4-12(21)20-15)13(10)22-11-6-17-8(3)19-14(11)16;1-8(2)11-6-18-15-10(4-5-20-15)13(11)21-12-7-17-9(3)19-14(12)16;1-7(2)9-4-17-14-10(5-18-20-14)12(9)21-11-6-16-8(3)19-13(11)15;1-7(2)9-4-17-14-11(18-6-20-14)12(9)21-10-5-16-8(3)19-13(10)15;1-7(2)9-4-17-14-10(5-18-21-14)12(9)20-11-6-16-8(3)19-13(11)15/h5-8H,1-4H3,(H,19,20)(H2,17,18,21);4-7H,1-3H3,(H2,17,18,20);5-7H,4H2,1-3H3,(H2,16,17,19)(H,18,20,21);4-8H,1-3H3,(H2,16,17,19);4-7H,1-3H3,(H2,15,16,19)(H,17,18,20);2*4-7H,1-3H3,(H2,15,16,19). The number of H-pyrrole nitrogens is 2. The van der Waals surface area contributed by atoms with E-state index in [2.05, 4.69) is 191 Å². The van der Waals surface area contributed by atoms with E-state index in [0.29, 0.717) is 189 Å². The van der Waals surface area contributed by atoms with Crippen molar-refractivity contribution in [2.24, 2.45) is 0 Å². The van der Waals surface area contributed by atoms with E-state index in [1.165, 1.54) is 6.39 Å². The summed E-state index contributed by atoms with van der Waals surface area (Å²) in [6.45, 7) is 43.3. The molecule has 0 saturated carbocycles. The number of pyridine rings is 7. The van der Waals surface area contributed by atoms with Crippen LogP contribution in [0.1, 0.15) is 229 Å². The molecule has 47 heteroatoms. The highest BCUT2D eigenvalue weighted by atomic mass is 35.5. The number of nitrogens with zero attached hydrogens (tertiary/aromatic N) is 24. The number of rotatable bonds is 21. The minimum absolute atomic E-state index is 0.0959. The molecule has 20 aromatic heterocycles. The Morgan fingerprint density at radius 3 is 1.09 bits per heavy atom. The Morgan fingerprint density at radius 2 is 0.667 bits per heavy atom. The molecule has 20 aromatic rings. The number of hydrogen-bond acceptors (Lipinski definition) is 43. The lowest BCUT2D eigenvalue weighted by Gasteiger charge is -2.16. The molecule has 0 saturated heterocycles. The van der Waals surface area contributed by atoms with Crippen LogP contribution in [0.2, 0.25) is 5.22 Å². The average Bonchev–Trinajstić information content (AvgIpc) is 1.62. The van der Waals surface area contributed by atoms with Gasteiger partial charge in [0.1, 0.15) is 92.1 Å². The molecule has 1 aliphatic heterocycles. The topological polar surface area (TPSA) is 669 Å². The number of carbonyl (C=O) groups excluding carboxylic acids is 1. The number of nitrogens with two attached hydrogens (primary N) is 7. The molecular weight excluding hydrogens is 1940 g/mol. The van der Waals surface area contributed by atoms with Gasteiger partial charge in [0.25, 0.3) is 11.4 Å². The molecule has 150 heavy (non-hydrogen) atoms. The number of aryl methyl sites for hydroxylation is 8. The highest BCUT2D eigenvalue weighted by Crippen LogP contribution is 2.47. The molecule has 46 nitrogen and oxygen atoms in total. The average molecular weight is 2050 g/mol. The summed E-state index contributed by atoms with van der Waals surface area (Å²) in [5.41, 5.74) is 53.5. The van der Waals surface area contributed by atoms with Gasteiger partial charge in [0, 0.05) is 99.6 Å². The van der Waals surface area contributed by atoms with E-state index < -0.39 is 0 Å². The zero-order valence-corrected chi connectivity index (χ0v) is 87.2. The van der Waals surface area contributed by atoms with E-state index in [9.17, 15) is 4.79 Å². The lowest BCUT2D eigenvalue weighted by molar-refractivity contribution is -0.115. The fourth-order valence-corrected chi connectivity index (χ4v) is 15.3. The monoisotopic (exact) mass is 2050 g/mol. The number of nitrogen functional groups attached to an aromatic ring is 7. The van der Waals surface area contributed by atoms with Crippen LogP contribution in [0.15, 0.2) is 148 Å². The summed E-state index contributed by atoms with van der Waals surface area (Å²) >= 11 is 5.93. The minimum atomic E-state index is -0.0959. The Labute approximate surface area is 864 Å². The molecule has 0 spiro atoms. The molecule has 0 radical (unpaired) electrons. The van der Waals surface area contributed by atoms with Gasteiger partial charge in [-0.1, -0.05) is 102 Å². The Kier molecular flexibility index (Phi) is 32.4. The first kappa shape index (κ1) is 106. The van der Waals surface area contributed by atoms with Crippen LogP contribution in [0.3, 0.4) is 0 Å². The van der Waals surface area contributed by atoms with Gasteiger partial charge in [0.15, 0.2) is 109 Å². The van der Waals surface area contributed by atoms with Crippen molar-refractivity contribution in [1.82, 2.24) is 130 Å². The Balaban J connectivity index is 0.000000131. The van der Waals surface area contributed by atoms with Crippen LogP contribution in [0.5, 0.6) is 80.5 Å². The summed E-state index contributed by atoms with van der Waals surface area (Å²) in [6, 6.07) is 5.53. The lowest BCUT2D eigenvalue weighted by atomic mass is 10.0. The number of aromatic nitrogens is 26. The SMILES string of the molecule is Cc1ncc(Oc2c(C(C)C)cnc3[nH]c(C)cc23)c(N)n1.Cc1ncc(Oc2c(C(C)C)cnc3[nH]ncc23)c(N)n1.Cc1ncc(Oc2c(C(C)C)cnc3c2CC(=O)N3)c(N)n1.Cc1ncc(Oc2c(C(C)C)cnc3oc(Cl)cc23)c(N)n1.Cc1ncc(Oc2c(C(C)C)cnc3occc23)c(N)n1.Cc1ncc(Oc2c(C(C)C)cnc3ocnc23)c(N)n1.Cc1ncc(Oc2c(C(C)C)cnc3oncc23)c(N)n1. The summed E-state index contributed by atoms with van der Waals surface area (Å²) in [7, 11) is 0. The largest absolute Gasteiger partial charge is 0.451 e. The van der Waals surface area contributed by atoms with Gasteiger partial charge in [0.2, 0.25) is 17.3 Å². The second kappa shape index (κ2) is 45.9. The molecule has 0 atom stereocenters. The summed E-state index contributed by atoms with van der Waals surface area (Å²) < 4.78 is 62.8. The number of carbonyl (C=O) groups is 1. The number of ether oxygens (including phenoxy) is 7. The molecule has 1 aliphatic rings. The van der Waals surface area contributed by atoms with Gasteiger partial charge in [0.05, 0.1) is 90.0 Å². The predicted molar refractivity (Wildman–Crippen MR) is 565 cm³/mol. The number of oxazole rings is 1. The first-order valence-electron chi connectivity index (χ1n) is 47.5. The van der Waals surface area contributed by atoms with Crippen LogP contribution in [-0.2, 0) is 11.2 Å². The molecule has 0 bridgehead atoms. The van der Waals surface area contributed by atoms with Crippen molar-refractivity contribution in [1.29, 1.82) is 0 Å². The first-order valence-corrected chi connectivity index (χ1v) is 47.9. The van der Waals surface area contributed by atoms with E-state index >= 15 is 0 Å². The normalized spacial score (nSPS) is 11.5. The number of anilines is 8. The van der Waals surface area contributed by atoms with Gasteiger partial charge < -0.3 is 101 Å². The molecule has 0 fully saturated rings. The van der Waals surface area contributed by atoms with Crippen LogP contribution in [0.4, 0.5) is 46.5 Å². The second-order valence-corrected chi connectivity index (χ2v) is 37.0. The number of furan rings is 2. The number of nitrogens with one attached hydrogen (secondary N) is 3. The molecule has 774 valence electrons. The summed E-state index contributed by atoms with van der Waals surface area (Å²) in [6.07, 6.45) is 29.6. The third kappa shape index (κ3) is 24.5. The van der Waals surface area contributed by atoms with Gasteiger partial charge in [-0.05, 0) is 121 Å². The molecule has 0 unspecified atom stereocenters. The fraction of sp³-hybridized carbons (Fsp3) is 0.291. The van der Waals surface area contributed by atoms with E-state index in [4.69, 9.17) is 103 Å². The van der Waals surface area contributed by atoms with Crippen molar-refractivity contribution in [2.45, 2.75) is 200 Å². The molecule has 17 N–H and O–H groups in total. The van der Waals surface area contributed by atoms with E-state index in [-0.39, 0.29) is 76.4 Å². The highest BCUT2D eigenvalue weighted by Gasteiger charge is 2.31. The van der Waals surface area contributed by atoms with Gasteiger partial charge in [-0.3, -0.25) is 9.89 Å². The molecule has 21 heterocycles. The maximum absolute atomic E-state index is 11.6. The zero-order chi connectivity index (χ0) is 107. The van der Waals surface area contributed by atoms with E-state index in [0.717, 1.165) is 77.8 Å². The molecule has 0 aromatic carbocycles. The number of fused-ring (bicyclic) bond motifs is 7. The predicted octanol–water partition coefficient (Wildman–Crippen LogP) is 21.3. The third-order valence-corrected chi connectivity index (χ3v) is 23.0. The molecule has 21 rings (SSSR count). The molecule has 0 aliphatic carbocycles. The van der Waals surface area contributed by atoms with Gasteiger partial charge in [-0.25, -0.2) is 110 Å². The van der Waals surface area contributed by atoms with Gasteiger partial charge >= 0.3 is 0 Å². The number of aromatic amines is 2. The van der Waals surface area contributed by atoms with Crippen LogP contribution >= 0.6 is 11.6 Å². The molecule has 1 amide bonds. The van der Waals surface area contributed by atoms with Crippen LogP contribution in [-0.4, -0.2) is 136 Å². The number of amides is 1. The maximum Gasteiger partial charge on any atom is 0.261 e.